The molecule has 0 spiro atoms. The Bertz CT molecular complexity index is 1200. The minimum absolute atomic E-state index is 0.0406. The molecule has 0 atom stereocenters. The van der Waals surface area contributed by atoms with Crippen molar-refractivity contribution >= 4 is 17.6 Å². The highest BCUT2D eigenvalue weighted by Crippen LogP contribution is 2.24. The van der Waals surface area contributed by atoms with Crippen molar-refractivity contribution < 1.29 is 9.53 Å². The maximum atomic E-state index is 13.1. The van der Waals surface area contributed by atoms with Crippen molar-refractivity contribution in [1.82, 2.24) is 14.7 Å². The molecule has 1 aromatic carbocycles. The number of rotatable bonds is 5. The summed E-state index contributed by atoms with van der Waals surface area (Å²) < 4.78 is 7.20. The maximum absolute atomic E-state index is 13.1. The van der Waals surface area contributed by atoms with Gasteiger partial charge in [0, 0.05) is 12.2 Å². The summed E-state index contributed by atoms with van der Waals surface area (Å²) in [6, 6.07) is 16.0. The molecule has 0 aliphatic heterocycles. The standard InChI is InChI=1S/C23H20N4O3/c24-15-16(21(28)25-17-8-4-5-9-17)14-19-22(30-18-10-2-1-3-11-18)26-20-12-6-7-13-27(20)23(19)29/h1-3,6-7,10-14,17H,4-5,8-9H2,(H,25,28). The van der Waals surface area contributed by atoms with Crippen molar-refractivity contribution in [3.8, 4) is 17.7 Å². The third kappa shape index (κ3) is 4.08. The van der Waals surface area contributed by atoms with Crippen molar-refractivity contribution in [2.24, 2.45) is 0 Å². The predicted octanol–water partition coefficient (Wildman–Crippen LogP) is 3.45. The lowest BCUT2D eigenvalue weighted by Gasteiger charge is -2.12. The third-order valence-corrected chi connectivity index (χ3v) is 5.04. The zero-order chi connectivity index (χ0) is 20.9. The normalized spacial score (nSPS) is 14.4. The van der Waals surface area contributed by atoms with Gasteiger partial charge in [-0.15, -0.1) is 0 Å². The van der Waals surface area contributed by atoms with Gasteiger partial charge in [-0.25, -0.2) is 0 Å². The molecule has 1 amide bonds. The summed E-state index contributed by atoms with van der Waals surface area (Å²) in [5.74, 6) is 0.0414. The Balaban J connectivity index is 1.78. The number of nitrogens with one attached hydrogen (secondary N) is 1. The van der Waals surface area contributed by atoms with Crippen LogP contribution in [0, 0.1) is 11.3 Å². The molecule has 0 unspecified atom stereocenters. The van der Waals surface area contributed by atoms with Gasteiger partial charge < -0.3 is 10.1 Å². The van der Waals surface area contributed by atoms with Gasteiger partial charge in [-0.1, -0.05) is 37.1 Å². The number of nitriles is 1. The van der Waals surface area contributed by atoms with E-state index in [4.69, 9.17) is 4.74 Å². The predicted molar refractivity (Wildman–Crippen MR) is 112 cm³/mol. The van der Waals surface area contributed by atoms with Gasteiger partial charge in [0.05, 0.1) is 0 Å². The quantitative estimate of drug-likeness (QED) is 0.523. The first kappa shape index (κ1) is 19.4. The van der Waals surface area contributed by atoms with Crippen LogP contribution in [0.3, 0.4) is 0 Å². The molecule has 30 heavy (non-hydrogen) atoms. The van der Waals surface area contributed by atoms with Crippen LogP contribution in [0.4, 0.5) is 0 Å². The second kappa shape index (κ2) is 8.62. The number of carbonyl (C=O) groups excluding carboxylic acids is 1. The zero-order valence-electron chi connectivity index (χ0n) is 16.2. The molecular formula is C23H20N4O3. The van der Waals surface area contributed by atoms with Crippen molar-refractivity contribution in [2.45, 2.75) is 31.7 Å². The van der Waals surface area contributed by atoms with Crippen LogP contribution in [0.5, 0.6) is 11.6 Å². The van der Waals surface area contributed by atoms with Crippen LogP contribution < -0.4 is 15.6 Å². The minimum atomic E-state index is -0.493. The molecular weight excluding hydrogens is 380 g/mol. The second-order valence-electron chi connectivity index (χ2n) is 7.10. The number of benzene rings is 1. The molecule has 2 aromatic heterocycles. The van der Waals surface area contributed by atoms with Gasteiger partial charge in [0.25, 0.3) is 11.5 Å². The first-order chi connectivity index (χ1) is 14.7. The smallest absolute Gasteiger partial charge is 0.269 e. The third-order valence-electron chi connectivity index (χ3n) is 5.04. The molecule has 4 rings (SSSR count). The Kier molecular flexibility index (Phi) is 5.57. The largest absolute Gasteiger partial charge is 0.438 e. The maximum Gasteiger partial charge on any atom is 0.269 e. The number of fused-ring (bicyclic) bond motifs is 1. The number of pyridine rings is 1. The van der Waals surface area contributed by atoms with Gasteiger partial charge in [0.2, 0.25) is 5.88 Å². The summed E-state index contributed by atoms with van der Waals surface area (Å²) >= 11 is 0. The van der Waals surface area contributed by atoms with Gasteiger partial charge in [0.15, 0.2) is 0 Å². The molecule has 0 bridgehead atoms. The molecule has 7 heteroatoms. The lowest BCUT2D eigenvalue weighted by Crippen LogP contribution is -2.33. The van der Waals surface area contributed by atoms with E-state index in [1.54, 1.807) is 48.7 Å². The van der Waals surface area contributed by atoms with E-state index in [0.717, 1.165) is 25.7 Å². The number of hydrogen-bond donors (Lipinski definition) is 1. The Morgan fingerprint density at radius 1 is 1.17 bits per heavy atom. The van der Waals surface area contributed by atoms with E-state index in [9.17, 15) is 14.9 Å². The van der Waals surface area contributed by atoms with Crippen molar-refractivity contribution in [2.75, 3.05) is 0 Å². The molecule has 3 aromatic rings. The molecule has 1 N–H and O–H groups in total. The van der Waals surface area contributed by atoms with Crippen LogP contribution in [0.25, 0.3) is 11.7 Å². The topological polar surface area (TPSA) is 96.5 Å². The highest BCUT2D eigenvalue weighted by Gasteiger charge is 2.21. The Labute approximate surface area is 173 Å². The van der Waals surface area contributed by atoms with E-state index in [1.165, 1.54) is 10.5 Å². The first-order valence-electron chi connectivity index (χ1n) is 9.82. The average Bonchev–Trinajstić information content (AvgIpc) is 3.27. The van der Waals surface area contributed by atoms with E-state index < -0.39 is 11.5 Å². The fourth-order valence-corrected chi connectivity index (χ4v) is 3.51. The van der Waals surface area contributed by atoms with Crippen molar-refractivity contribution in [1.29, 1.82) is 5.26 Å². The number of carbonyl (C=O) groups is 1. The summed E-state index contributed by atoms with van der Waals surface area (Å²) in [7, 11) is 0. The Hall–Kier alpha value is -3.92. The summed E-state index contributed by atoms with van der Waals surface area (Å²) in [5, 5.41) is 12.4. The fourth-order valence-electron chi connectivity index (χ4n) is 3.51. The molecule has 150 valence electrons. The summed E-state index contributed by atoms with van der Waals surface area (Å²) in [6.07, 6.45) is 6.75. The van der Waals surface area contributed by atoms with Crippen molar-refractivity contribution in [3.05, 3.63) is 76.2 Å². The Morgan fingerprint density at radius 3 is 2.63 bits per heavy atom. The van der Waals surface area contributed by atoms with Gasteiger partial charge in [0.1, 0.15) is 28.6 Å². The number of para-hydroxylation sites is 1. The van der Waals surface area contributed by atoms with E-state index in [1.807, 2.05) is 12.1 Å². The van der Waals surface area contributed by atoms with E-state index in [-0.39, 0.29) is 23.1 Å². The molecule has 2 heterocycles. The number of ether oxygens (including phenoxy) is 1. The van der Waals surface area contributed by atoms with E-state index in [0.29, 0.717) is 11.4 Å². The minimum Gasteiger partial charge on any atom is -0.438 e. The highest BCUT2D eigenvalue weighted by atomic mass is 16.5. The Morgan fingerprint density at radius 2 is 1.90 bits per heavy atom. The lowest BCUT2D eigenvalue weighted by atomic mass is 10.1. The molecule has 7 nitrogen and oxygen atoms in total. The fraction of sp³-hybridized carbons (Fsp3) is 0.217. The first-order valence-corrected chi connectivity index (χ1v) is 9.82. The number of hydrogen-bond acceptors (Lipinski definition) is 5. The van der Waals surface area contributed by atoms with E-state index >= 15 is 0 Å². The molecule has 1 fully saturated rings. The summed E-state index contributed by atoms with van der Waals surface area (Å²) in [6.45, 7) is 0. The van der Waals surface area contributed by atoms with Crippen LogP contribution in [0.2, 0.25) is 0 Å². The van der Waals surface area contributed by atoms with Crippen LogP contribution in [0.1, 0.15) is 31.2 Å². The number of aromatic nitrogens is 2. The molecule has 0 radical (unpaired) electrons. The van der Waals surface area contributed by atoms with Crippen LogP contribution >= 0.6 is 0 Å². The van der Waals surface area contributed by atoms with Crippen LogP contribution in [-0.2, 0) is 4.79 Å². The summed E-state index contributed by atoms with van der Waals surface area (Å²) in [5.41, 5.74) is -0.136. The highest BCUT2D eigenvalue weighted by molar-refractivity contribution is 6.02. The zero-order valence-corrected chi connectivity index (χ0v) is 16.2. The molecule has 1 aliphatic carbocycles. The number of nitrogens with zero attached hydrogens (tertiary/aromatic N) is 3. The van der Waals surface area contributed by atoms with Gasteiger partial charge in [-0.05, 0) is 43.2 Å². The average molecular weight is 400 g/mol. The van der Waals surface area contributed by atoms with Crippen LogP contribution in [-0.4, -0.2) is 21.3 Å². The van der Waals surface area contributed by atoms with Crippen molar-refractivity contribution in [3.63, 3.8) is 0 Å². The molecule has 1 saturated carbocycles. The lowest BCUT2D eigenvalue weighted by molar-refractivity contribution is -0.117. The molecule has 1 aliphatic rings. The van der Waals surface area contributed by atoms with Gasteiger partial charge in [-0.2, -0.15) is 10.2 Å². The molecule has 0 saturated heterocycles. The SMILES string of the molecule is N#CC(=Cc1c(Oc2ccccc2)nc2ccccn2c1=O)C(=O)NC1CCCC1. The van der Waals surface area contributed by atoms with Crippen LogP contribution in [0.15, 0.2) is 65.1 Å². The van der Waals surface area contributed by atoms with E-state index in [2.05, 4.69) is 10.3 Å². The number of amides is 1. The second-order valence-corrected chi connectivity index (χ2v) is 7.10. The monoisotopic (exact) mass is 400 g/mol. The van der Waals surface area contributed by atoms with Gasteiger partial charge in [-0.3, -0.25) is 14.0 Å². The van der Waals surface area contributed by atoms with Gasteiger partial charge >= 0.3 is 0 Å². The summed E-state index contributed by atoms with van der Waals surface area (Å²) in [4.78, 5) is 30.2.